The molecule has 0 aliphatic carbocycles. The minimum atomic E-state index is -4.34. The van der Waals surface area contributed by atoms with Gasteiger partial charge in [0.2, 0.25) is 11.8 Å². The van der Waals surface area contributed by atoms with E-state index < -0.39 is 17.8 Å². The van der Waals surface area contributed by atoms with Crippen LogP contribution in [0.3, 0.4) is 0 Å². The van der Waals surface area contributed by atoms with Crippen LogP contribution in [-0.4, -0.2) is 73.7 Å². The number of alkyl halides is 3. The highest BCUT2D eigenvalue weighted by atomic mass is 19.4. The Labute approximate surface area is 233 Å². The Kier molecular flexibility index (Phi) is 9.97. The fourth-order valence-corrected chi connectivity index (χ4v) is 5.59. The summed E-state index contributed by atoms with van der Waals surface area (Å²) in [6.45, 7) is 4.42. The maximum atomic E-state index is 13.1. The smallest absolute Gasteiger partial charge is 0.369 e. The summed E-state index contributed by atoms with van der Waals surface area (Å²) in [5, 5.41) is 2.40. The summed E-state index contributed by atoms with van der Waals surface area (Å²) in [7, 11) is 1.85. The third kappa shape index (κ3) is 7.69. The van der Waals surface area contributed by atoms with Crippen molar-refractivity contribution in [3.8, 4) is 0 Å². The van der Waals surface area contributed by atoms with E-state index in [4.69, 9.17) is 0 Å². The molecule has 4 rings (SSSR count). The Hall–Kier alpha value is -3.24. The molecular formula is C30H37F3N4O3. The molecule has 0 radical (unpaired) electrons. The standard InChI is InChI=1S/C30H37F3N4O3/c1-35(27-12-13-28(39)34-29(27)40)20-26-22(8-5-9-23(26)21-38)7-3-2-4-14-36-15-17-37(18-16-36)25-11-6-10-24(19-25)30(31,32)33/h5-6,8-11,19,21,27H,2-4,7,12-18,20H2,1H3,(H,34,39,40). The van der Waals surface area contributed by atoms with Gasteiger partial charge in [0, 0.05) is 50.4 Å². The van der Waals surface area contributed by atoms with Gasteiger partial charge in [-0.25, -0.2) is 0 Å². The van der Waals surface area contributed by atoms with E-state index in [9.17, 15) is 27.6 Å². The van der Waals surface area contributed by atoms with Crippen molar-refractivity contribution in [1.29, 1.82) is 0 Å². The number of piperazine rings is 1. The van der Waals surface area contributed by atoms with Crippen molar-refractivity contribution in [2.45, 2.75) is 57.3 Å². The summed E-state index contributed by atoms with van der Waals surface area (Å²) in [6.07, 6.45) is 1.11. The molecule has 2 aromatic rings. The zero-order valence-corrected chi connectivity index (χ0v) is 22.9. The molecule has 0 bridgehead atoms. The van der Waals surface area contributed by atoms with Crippen molar-refractivity contribution in [3.05, 3.63) is 64.7 Å². The topological polar surface area (TPSA) is 73.0 Å². The van der Waals surface area contributed by atoms with E-state index in [2.05, 4.69) is 10.2 Å². The number of likely N-dealkylation sites (N-methyl/N-ethyl adjacent to an activating group) is 1. The average molecular weight is 559 g/mol. The molecule has 2 amide bonds. The van der Waals surface area contributed by atoms with Crippen LogP contribution in [0.5, 0.6) is 0 Å². The van der Waals surface area contributed by atoms with Crippen molar-refractivity contribution in [3.63, 3.8) is 0 Å². The normalized spacial score (nSPS) is 18.7. The van der Waals surface area contributed by atoms with E-state index in [1.54, 1.807) is 12.1 Å². The Balaban J connectivity index is 1.23. The molecule has 0 spiro atoms. The van der Waals surface area contributed by atoms with Gasteiger partial charge in [0.15, 0.2) is 0 Å². The number of halogens is 3. The number of aryl methyl sites for hydroxylation is 1. The number of imide groups is 1. The molecule has 40 heavy (non-hydrogen) atoms. The van der Waals surface area contributed by atoms with Crippen LogP contribution in [0.1, 0.15) is 59.2 Å². The number of anilines is 1. The number of hydrogen-bond donors (Lipinski definition) is 1. The number of unbranched alkanes of at least 4 members (excludes halogenated alkanes) is 2. The van der Waals surface area contributed by atoms with Crippen molar-refractivity contribution in [1.82, 2.24) is 15.1 Å². The van der Waals surface area contributed by atoms with Crippen molar-refractivity contribution < 1.29 is 27.6 Å². The Morgan fingerprint density at radius 2 is 1.77 bits per heavy atom. The van der Waals surface area contributed by atoms with E-state index >= 15 is 0 Å². The molecule has 1 atom stereocenters. The number of carbonyl (C=O) groups is 3. The highest BCUT2D eigenvalue weighted by Crippen LogP contribution is 2.32. The van der Waals surface area contributed by atoms with Crippen LogP contribution < -0.4 is 10.2 Å². The number of rotatable bonds is 11. The molecule has 2 heterocycles. The third-order valence-corrected chi connectivity index (χ3v) is 7.92. The van der Waals surface area contributed by atoms with Crippen LogP contribution in [0, 0.1) is 0 Å². The summed E-state index contributed by atoms with van der Waals surface area (Å²) in [5.74, 6) is -0.541. The highest BCUT2D eigenvalue weighted by molar-refractivity contribution is 6.00. The van der Waals surface area contributed by atoms with Gasteiger partial charge in [-0.1, -0.05) is 30.7 Å². The Bertz CT molecular complexity index is 1190. The summed E-state index contributed by atoms with van der Waals surface area (Å²) in [5.41, 5.74) is 2.65. The summed E-state index contributed by atoms with van der Waals surface area (Å²) in [6, 6.07) is 10.9. The zero-order valence-electron chi connectivity index (χ0n) is 22.9. The molecule has 2 aliphatic rings. The number of amides is 2. The number of nitrogens with zero attached hydrogens (tertiary/aromatic N) is 3. The van der Waals surface area contributed by atoms with Crippen LogP contribution in [0.15, 0.2) is 42.5 Å². The molecule has 2 aliphatic heterocycles. The monoisotopic (exact) mass is 558 g/mol. The first-order chi connectivity index (χ1) is 19.2. The second kappa shape index (κ2) is 13.4. The third-order valence-electron chi connectivity index (χ3n) is 7.92. The molecule has 7 nitrogen and oxygen atoms in total. The van der Waals surface area contributed by atoms with Crippen LogP contribution in [0.25, 0.3) is 0 Å². The number of piperidine rings is 1. The van der Waals surface area contributed by atoms with Gasteiger partial charge in [0.1, 0.15) is 6.29 Å². The lowest BCUT2D eigenvalue weighted by Crippen LogP contribution is -2.51. The van der Waals surface area contributed by atoms with E-state index in [-0.39, 0.29) is 11.8 Å². The van der Waals surface area contributed by atoms with Gasteiger partial charge in [-0.3, -0.25) is 29.5 Å². The van der Waals surface area contributed by atoms with Gasteiger partial charge in [-0.2, -0.15) is 13.2 Å². The first-order valence-electron chi connectivity index (χ1n) is 13.9. The van der Waals surface area contributed by atoms with Crippen LogP contribution in [0.4, 0.5) is 18.9 Å². The van der Waals surface area contributed by atoms with Gasteiger partial charge in [0.25, 0.3) is 0 Å². The molecular weight excluding hydrogens is 521 g/mol. The number of carbonyl (C=O) groups excluding carboxylic acids is 3. The van der Waals surface area contributed by atoms with Gasteiger partial charge in [0.05, 0.1) is 11.6 Å². The fourth-order valence-electron chi connectivity index (χ4n) is 5.59. The number of benzene rings is 2. The molecule has 216 valence electrons. The number of hydrogen-bond acceptors (Lipinski definition) is 6. The van der Waals surface area contributed by atoms with Crippen molar-refractivity contribution >= 4 is 23.8 Å². The second-order valence-corrected chi connectivity index (χ2v) is 10.7. The number of aldehydes is 1. The first-order valence-corrected chi connectivity index (χ1v) is 13.9. The van der Waals surface area contributed by atoms with Gasteiger partial charge in [-0.05, 0) is 68.6 Å². The van der Waals surface area contributed by atoms with Gasteiger partial charge >= 0.3 is 6.18 Å². The lowest BCUT2D eigenvalue weighted by molar-refractivity contribution is -0.138. The average Bonchev–Trinajstić information content (AvgIpc) is 2.93. The second-order valence-electron chi connectivity index (χ2n) is 10.7. The van der Waals surface area contributed by atoms with E-state index in [0.29, 0.717) is 43.7 Å². The minimum absolute atomic E-state index is 0.249. The van der Waals surface area contributed by atoms with Crippen molar-refractivity contribution in [2.24, 2.45) is 0 Å². The predicted octanol–water partition coefficient (Wildman–Crippen LogP) is 4.29. The highest BCUT2D eigenvalue weighted by Gasteiger charge is 2.32. The van der Waals surface area contributed by atoms with Gasteiger partial charge in [-0.15, -0.1) is 0 Å². The first kappa shape index (κ1) is 29.7. The predicted molar refractivity (Wildman–Crippen MR) is 147 cm³/mol. The van der Waals surface area contributed by atoms with Crippen molar-refractivity contribution in [2.75, 3.05) is 44.7 Å². The quantitative estimate of drug-likeness (QED) is 0.252. The van der Waals surface area contributed by atoms with E-state index in [0.717, 1.165) is 68.8 Å². The fraction of sp³-hybridized carbons (Fsp3) is 0.500. The molecule has 2 fully saturated rings. The molecule has 10 heteroatoms. The van der Waals surface area contributed by atoms with Crippen LogP contribution in [0.2, 0.25) is 0 Å². The largest absolute Gasteiger partial charge is 0.416 e. The maximum Gasteiger partial charge on any atom is 0.416 e. The van der Waals surface area contributed by atoms with Crippen LogP contribution in [-0.2, 0) is 28.7 Å². The molecule has 2 saturated heterocycles. The summed E-state index contributed by atoms with van der Waals surface area (Å²) >= 11 is 0. The summed E-state index contributed by atoms with van der Waals surface area (Å²) < 4.78 is 39.2. The molecule has 1 unspecified atom stereocenters. The molecule has 2 aromatic carbocycles. The maximum absolute atomic E-state index is 13.1. The lowest BCUT2D eigenvalue weighted by atomic mass is 9.95. The number of nitrogens with one attached hydrogen (secondary N) is 1. The lowest BCUT2D eigenvalue weighted by Gasteiger charge is -2.36. The van der Waals surface area contributed by atoms with E-state index in [1.807, 2.05) is 29.0 Å². The Morgan fingerprint density at radius 3 is 2.48 bits per heavy atom. The summed E-state index contributed by atoms with van der Waals surface area (Å²) in [4.78, 5) is 41.9. The minimum Gasteiger partial charge on any atom is -0.369 e. The SMILES string of the molecule is CN(Cc1c(C=O)cccc1CCCCCN1CCN(c2cccc(C(F)(F)F)c2)CC1)C1CCC(=O)NC1=O. The zero-order chi connectivity index (χ0) is 28.7. The van der Waals surface area contributed by atoms with Crippen LogP contribution >= 0.6 is 0 Å². The van der Waals surface area contributed by atoms with E-state index in [1.165, 1.54) is 12.1 Å². The Morgan fingerprint density at radius 1 is 1.02 bits per heavy atom. The van der Waals surface area contributed by atoms with Gasteiger partial charge < -0.3 is 4.90 Å². The molecule has 0 aromatic heterocycles. The molecule has 0 saturated carbocycles. The molecule has 1 N–H and O–H groups in total.